The third kappa shape index (κ3) is 9.22. The lowest BCUT2D eigenvalue weighted by Crippen LogP contribution is -2.25. The van der Waals surface area contributed by atoms with Gasteiger partial charge in [0, 0.05) is 37.3 Å². The summed E-state index contributed by atoms with van der Waals surface area (Å²) in [5.74, 6) is 0.158. The molecule has 1 fully saturated rings. The van der Waals surface area contributed by atoms with E-state index in [9.17, 15) is 4.79 Å². The molecule has 0 bridgehead atoms. The minimum Gasteiger partial charge on any atom is -0.391 e. The van der Waals surface area contributed by atoms with Gasteiger partial charge < -0.3 is 10.2 Å². The molecule has 1 aromatic heterocycles. The normalized spacial score (nSPS) is 20.3. The molecule has 2 heterocycles. The fourth-order valence-electron chi connectivity index (χ4n) is 3.01. The summed E-state index contributed by atoms with van der Waals surface area (Å²) in [6.07, 6.45) is 15.6. The van der Waals surface area contributed by atoms with Crippen molar-refractivity contribution in [3.63, 3.8) is 0 Å². The van der Waals surface area contributed by atoms with Gasteiger partial charge in [0.15, 0.2) is 0 Å². The van der Waals surface area contributed by atoms with E-state index in [-0.39, 0.29) is 5.91 Å². The van der Waals surface area contributed by atoms with Crippen molar-refractivity contribution in [1.82, 2.24) is 10.3 Å². The quantitative estimate of drug-likeness (QED) is 0.827. The summed E-state index contributed by atoms with van der Waals surface area (Å²) in [5, 5.41) is 7.33. The van der Waals surface area contributed by atoms with E-state index in [1.54, 1.807) is 12.4 Å². The van der Waals surface area contributed by atoms with Crippen molar-refractivity contribution >= 4 is 11.6 Å². The summed E-state index contributed by atoms with van der Waals surface area (Å²) in [4.78, 5) is 21.4. The zero-order valence-corrected chi connectivity index (χ0v) is 15.2. The van der Waals surface area contributed by atoms with Crippen molar-refractivity contribution in [2.75, 3.05) is 6.54 Å². The molecule has 1 amide bonds. The number of carbonyl (C=O) groups excluding carboxylic acids is 1. The van der Waals surface area contributed by atoms with Crippen molar-refractivity contribution in [3.05, 3.63) is 30.1 Å². The molecule has 0 atom stereocenters. The van der Waals surface area contributed by atoms with Crippen molar-refractivity contribution in [1.29, 1.82) is 0 Å². The summed E-state index contributed by atoms with van der Waals surface area (Å²) in [6.45, 7) is 1.08. The Morgan fingerprint density at radius 3 is 2.44 bits per heavy atom. The van der Waals surface area contributed by atoms with Gasteiger partial charge in [-0.25, -0.2) is 0 Å². The molecule has 0 aromatic carbocycles. The Morgan fingerprint density at radius 2 is 1.72 bits per heavy atom. The Hall–Kier alpha value is -1.91. The van der Waals surface area contributed by atoms with E-state index in [1.165, 1.54) is 38.5 Å². The summed E-state index contributed by atoms with van der Waals surface area (Å²) in [7, 11) is 0. The molecule has 1 aliphatic heterocycles. The van der Waals surface area contributed by atoms with Gasteiger partial charge in [0.1, 0.15) is 6.61 Å². The first-order valence-electron chi connectivity index (χ1n) is 9.68. The molecule has 5 nitrogen and oxygen atoms in total. The topological polar surface area (TPSA) is 63.6 Å². The smallest absolute Gasteiger partial charge is 0.220 e. The minimum atomic E-state index is 0.158. The van der Waals surface area contributed by atoms with Crippen LogP contribution in [0.3, 0.4) is 0 Å². The zero-order chi connectivity index (χ0) is 17.6. The van der Waals surface area contributed by atoms with Crippen LogP contribution in [0.5, 0.6) is 0 Å². The highest BCUT2D eigenvalue weighted by Crippen LogP contribution is 2.12. The maximum atomic E-state index is 11.8. The van der Waals surface area contributed by atoms with Gasteiger partial charge >= 0.3 is 0 Å². The van der Waals surface area contributed by atoms with E-state index in [1.807, 2.05) is 12.1 Å². The van der Waals surface area contributed by atoms with Gasteiger partial charge in [-0.3, -0.25) is 9.78 Å². The molecule has 0 unspecified atom stereocenters. The molecular weight excluding hydrogens is 314 g/mol. The summed E-state index contributed by atoms with van der Waals surface area (Å²) >= 11 is 0. The van der Waals surface area contributed by atoms with E-state index in [4.69, 9.17) is 4.84 Å². The molecular formula is C20H31N3O2. The largest absolute Gasteiger partial charge is 0.391 e. The number of nitrogens with zero attached hydrogens (tertiary/aromatic N) is 2. The SMILES string of the molecule is O=C1CCCCCCCCCC/C(=N\OCc2cccnc2)CCN1. The number of amides is 1. The van der Waals surface area contributed by atoms with Crippen LogP contribution in [0.15, 0.2) is 29.7 Å². The highest BCUT2D eigenvalue weighted by Gasteiger charge is 2.06. The van der Waals surface area contributed by atoms with Gasteiger partial charge in [-0.1, -0.05) is 49.7 Å². The van der Waals surface area contributed by atoms with Crippen molar-refractivity contribution in [3.8, 4) is 0 Å². The molecule has 1 N–H and O–H groups in total. The molecule has 25 heavy (non-hydrogen) atoms. The average Bonchev–Trinajstić information content (AvgIpc) is 2.63. The lowest BCUT2D eigenvalue weighted by atomic mass is 10.0. The third-order valence-corrected chi connectivity index (χ3v) is 4.50. The minimum absolute atomic E-state index is 0.158. The van der Waals surface area contributed by atoms with Crippen molar-refractivity contribution < 1.29 is 9.63 Å². The number of oxime groups is 1. The third-order valence-electron chi connectivity index (χ3n) is 4.50. The number of nitrogens with one attached hydrogen (secondary N) is 1. The molecule has 1 aliphatic rings. The fourth-order valence-corrected chi connectivity index (χ4v) is 3.01. The molecule has 2 rings (SSSR count). The molecule has 0 saturated carbocycles. The van der Waals surface area contributed by atoms with Crippen LogP contribution in [0.25, 0.3) is 0 Å². The molecule has 0 radical (unpaired) electrons. The van der Waals surface area contributed by atoms with Crippen LogP contribution in [-0.4, -0.2) is 23.1 Å². The van der Waals surface area contributed by atoms with Crippen LogP contribution in [0.2, 0.25) is 0 Å². The van der Waals surface area contributed by atoms with Crippen LogP contribution in [0.4, 0.5) is 0 Å². The van der Waals surface area contributed by atoms with Crippen LogP contribution >= 0.6 is 0 Å². The maximum Gasteiger partial charge on any atom is 0.220 e. The number of rotatable bonds is 3. The molecule has 1 aromatic rings. The number of carbonyl (C=O) groups is 1. The second kappa shape index (κ2) is 12.5. The van der Waals surface area contributed by atoms with E-state index >= 15 is 0 Å². The van der Waals surface area contributed by atoms with Gasteiger partial charge in [0.25, 0.3) is 0 Å². The number of hydrogen-bond acceptors (Lipinski definition) is 4. The van der Waals surface area contributed by atoms with E-state index in [0.29, 0.717) is 19.6 Å². The van der Waals surface area contributed by atoms with Crippen molar-refractivity contribution in [2.24, 2.45) is 5.16 Å². The van der Waals surface area contributed by atoms with E-state index in [0.717, 1.165) is 37.0 Å². The Bertz CT molecular complexity index is 517. The monoisotopic (exact) mass is 345 g/mol. The summed E-state index contributed by atoms with van der Waals surface area (Å²) in [6, 6.07) is 3.87. The first kappa shape index (κ1) is 19.4. The van der Waals surface area contributed by atoms with E-state index < -0.39 is 0 Å². The number of hydrogen-bond donors (Lipinski definition) is 1. The highest BCUT2D eigenvalue weighted by molar-refractivity contribution is 5.84. The molecule has 0 spiro atoms. The van der Waals surface area contributed by atoms with Gasteiger partial charge in [0.05, 0.1) is 5.71 Å². The van der Waals surface area contributed by atoms with Gasteiger partial charge in [0.2, 0.25) is 5.91 Å². The Balaban J connectivity index is 1.81. The van der Waals surface area contributed by atoms with Gasteiger partial charge in [-0.2, -0.15) is 0 Å². The van der Waals surface area contributed by atoms with Gasteiger partial charge in [-0.05, 0) is 25.3 Å². The second-order valence-corrected chi connectivity index (χ2v) is 6.72. The Labute approximate surface area is 151 Å². The fraction of sp³-hybridized carbons (Fsp3) is 0.650. The lowest BCUT2D eigenvalue weighted by Gasteiger charge is -2.08. The summed E-state index contributed by atoms with van der Waals surface area (Å²) in [5.41, 5.74) is 2.05. The van der Waals surface area contributed by atoms with Crippen LogP contribution in [0.1, 0.15) is 76.2 Å². The molecule has 5 heteroatoms. The first-order valence-corrected chi connectivity index (χ1v) is 9.68. The second-order valence-electron chi connectivity index (χ2n) is 6.72. The number of aromatic nitrogens is 1. The molecule has 138 valence electrons. The highest BCUT2D eigenvalue weighted by atomic mass is 16.6. The summed E-state index contributed by atoms with van der Waals surface area (Å²) < 4.78 is 0. The van der Waals surface area contributed by atoms with Gasteiger partial charge in [-0.15, -0.1) is 0 Å². The maximum absolute atomic E-state index is 11.8. The van der Waals surface area contributed by atoms with Crippen molar-refractivity contribution in [2.45, 2.75) is 77.2 Å². The first-order chi connectivity index (χ1) is 12.3. The Kier molecular flexibility index (Phi) is 9.67. The molecule has 1 saturated heterocycles. The molecule has 0 aliphatic carbocycles. The van der Waals surface area contributed by atoms with Crippen LogP contribution < -0.4 is 5.32 Å². The zero-order valence-electron chi connectivity index (χ0n) is 15.2. The number of pyridine rings is 1. The lowest BCUT2D eigenvalue weighted by molar-refractivity contribution is -0.121. The van der Waals surface area contributed by atoms with Crippen LogP contribution in [-0.2, 0) is 16.2 Å². The average molecular weight is 345 g/mol. The van der Waals surface area contributed by atoms with E-state index in [2.05, 4.69) is 15.5 Å². The Morgan fingerprint density at radius 1 is 1.00 bits per heavy atom. The standard InChI is InChI=1S/C20H31N3O2/c24-20-12-8-6-4-2-1-3-5-7-11-19(13-15-22-20)23-25-17-18-10-9-14-21-16-18/h9-10,14,16H,1-8,11-13,15,17H2,(H,22,24)/b23-19+. The predicted octanol–water partition coefficient (Wildman–Crippen LogP) is 4.38. The predicted molar refractivity (Wildman–Crippen MR) is 100 cm³/mol. The van der Waals surface area contributed by atoms with Crippen LogP contribution in [0, 0.1) is 0 Å².